The molecule has 1 aliphatic rings. The fraction of sp³-hybridized carbons (Fsp3) is 0.615. The molecule has 1 aromatic rings. The Bertz CT molecular complexity index is 587. The zero-order valence-electron chi connectivity index (χ0n) is 11.1. The van der Waals surface area contributed by atoms with Gasteiger partial charge in [0.05, 0.1) is 11.7 Å². The maximum Gasteiger partial charge on any atom is 0.328 e. The molecule has 0 aliphatic carbocycles. The van der Waals surface area contributed by atoms with Gasteiger partial charge in [0, 0.05) is 25.3 Å². The largest absolute Gasteiger partial charge is 0.378 e. The van der Waals surface area contributed by atoms with Gasteiger partial charge in [-0.1, -0.05) is 6.92 Å². The fourth-order valence-corrected chi connectivity index (χ4v) is 2.52. The lowest BCUT2D eigenvalue weighted by Gasteiger charge is -2.17. The Morgan fingerprint density at radius 1 is 1.53 bits per heavy atom. The molecule has 1 aromatic heterocycles. The molecule has 1 saturated heterocycles. The molecule has 2 rings (SSSR count). The molecule has 0 radical (unpaired) electrons. The molecule has 6 nitrogen and oxygen atoms in total. The predicted molar refractivity (Wildman–Crippen MR) is 69.5 cm³/mol. The van der Waals surface area contributed by atoms with Gasteiger partial charge in [-0.2, -0.15) is 0 Å². The zero-order chi connectivity index (χ0) is 14.0. The van der Waals surface area contributed by atoms with E-state index < -0.39 is 11.2 Å². The van der Waals surface area contributed by atoms with Crippen molar-refractivity contribution in [3.63, 3.8) is 0 Å². The second-order valence-electron chi connectivity index (χ2n) is 4.85. The van der Waals surface area contributed by atoms with Crippen molar-refractivity contribution in [1.29, 1.82) is 0 Å². The normalized spacial score (nSPS) is 22.6. The lowest BCUT2D eigenvalue weighted by Crippen LogP contribution is -2.40. The number of nitrogens with zero attached hydrogens (tertiary/aromatic N) is 1. The molecule has 6 heteroatoms. The molecule has 0 amide bonds. The van der Waals surface area contributed by atoms with Gasteiger partial charge in [-0.25, -0.2) is 4.79 Å². The second kappa shape index (κ2) is 5.52. The number of aromatic nitrogens is 2. The van der Waals surface area contributed by atoms with Crippen LogP contribution >= 0.6 is 0 Å². The monoisotopic (exact) mass is 266 g/mol. The van der Waals surface area contributed by atoms with Crippen LogP contribution in [-0.4, -0.2) is 28.0 Å². The summed E-state index contributed by atoms with van der Waals surface area (Å²) in [7, 11) is 0. The number of carbonyl (C=O) groups is 1. The average Bonchev–Trinajstić information content (AvgIpc) is 2.81. The number of hydrogen-bond acceptors (Lipinski definition) is 4. The van der Waals surface area contributed by atoms with Crippen molar-refractivity contribution in [2.45, 2.75) is 39.3 Å². The molecule has 0 spiro atoms. The Morgan fingerprint density at radius 3 is 2.89 bits per heavy atom. The van der Waals surface area contributed by atoms with E-state index in [1.165, 1.54) is 13.1 Å². The smallest absolute Gasteiger partial charge is 0.328 e. The molecule has 0 aromatic carbocycles. The first-order valence-corrected chi connectivity index (χ1v) is 6.49. The molecule has 0 bridgehead atoms. The van der Waals surface area contributed by atoms with Crippen LogP contribution in [0.15, 0.2) is 15.8 Å². The number of aromatic amines is 1. The molecular weight excluding hydrogens is 248 g/mol. The topological polar surface area (TPSA) is 81.2 Å². The summed E-state index contributed by atoms with van der Waals surface area (Å²) in [6.45, 7) is 4.28. The minimum atomic E-state index is -0.516. The van der Waals surface area contributed by atoms with E-state index in [2.05, 4.69) is 4.98 Å². The highest BCUT2D eigenvalue weighted by atomic mass is 16.5. The molecule has 1 N–H and O–H groups in total. The van der Waals surface area contributed by atoms with Gasteiger partial charge in [-0.3, -0.25) is 14.2 Å². The van der Waals surface area contributed by atoms with Gasteiger partial charge >= 0.3 is 5.69 Å². The molecule has 2 atom stereocenters. The predicted octanol–water partition coefficient (Wildman–Crippen LogP) is 0.554. The Hall–Kier alpha value is -1.69. The number of ether oxygens (including phenoxy) is 1. The Balaban J connectivity index is 2.35. The number of rotatable bonds is 4. The number of hydrogen-bond donors (Lipinski definition) is 1. The summed E-state index contributed by atoms with van der Waals surface area (Å²) >= 11 is 0. The maximum absolute atomic E-state index is 12.1. The lowest BCUT2D eigenvalue weighted by atomic mass is 9.99. The van der Waals surface area contributed by atoms with Crippen molar-refractivity contribution in [2.75, 3.05) is 6.61 Å². The van der Waals surface area contributed by atoms with Crippen LogP contribution in [0, 0.1) is 5.92 Å². The summed E-state index contributed by atoms with van der Waals surface area (Å²) in [6, 6.07) is 0. The molecule has 104 valence electrons. The summed E-state index contributed by atoms with van der Waals surface area (Å²) in [5.74, 6) is -0.198. The Labute approximate surface area is 110 Å². The summed E-state index contributed by atoms with van der Waals surface area (Å²) < 4.78 is 6.66. The Kier molecular flexibility index (Phi) is 3.99. The number of nitrogens with one attached hydrogen (secondary N) is 1. The van der Waals surface area contributed by atoms with Crippen LogP contribution in [0.4, 0.5) is 0 Å². The highest BCUT2D eigenvalue weighted by Gasteiger charge is 2.28. The van der Waals surface area contributed by atoms with Gasteiger partial charge in [0.1, 0.15) is 0 Å². The first kappa shape index (κ1) is 13.7. The molecule has 19 heavy (non-hydrogen) atoms. The van der Waals surface area contributed by atoms with E-state index in [0.717, 1.165) is 17.4 Å². The van der Waals surface area contributed by atoms with Crippen LogP contribution in [-0.2, 0) is 11.3 Å². The number of Topliss-reactive ketones (excluding diaryl/α,β-unsaturated/α-hetero) is 1. The first-order valence-electron chi connectivity index (χ1n) is 6.49. The third-order valence-corrected chi connectivity index (χ3v) is 3.61. The number of ketones is 1. The molecule has 2 unspecified atom stereocenters. The summed E-state index contributed by atoms with van der Waals surface area (Å²) in [5.41, 5.74) is -0.971. The van der Waals surface area contributed by atoms with E-state index in [4.69, 9.17) is 4.74 Å². The third-order valence-electron chi connectivity index (χ3n) is 3.61. The minimum Gasteiger partial charge on any atom is -0.378 e. The zero-order valence-corrected chi connectivity index (χ0v) is 11.1. The lowest BCUT2D eigenvalue weighted by molar-refractivity contribution is 0.0828. The molecular formula is C13H18N2O4. The van der Waals surface area contributed by atoms with Gasteiger partial charge in [0.2, 0.25) is 0 Å². The van der Waals surface area contributed by atoms with E-state index in [-0.39, 0.29) is 23.4 Å². The molecule has 2 heterocycles. The van der Waals surface area contributed by atoms with Crippen molar-refractivity contribution >= 4 is 5.78 Å². The molecule has 0 saturated carbocycles. The fourth-order valence-electron chi connectivity index (χ4n) is 2.52. The van der Waals surface area contributed by atoms with Crippen molar-refractivity contribution in [2.24, 2.45) is 5.92 Å². The van der Waals surface area contributed by atoms with Crippen LogP contribution in [0.25, 0.3) is 0 Å². The van der Waals surface area contributed by atoms with Gasteiger partial charge in [0.25, 0.3) is 5.56 Å². The van der Waals surface area contributed by atoms with E-state index >= 15 is 0 Å². The van der Waals surface area contributed by atoms with E-state index in [1.54, 1.807) is 0 Å². The van der Waals surface area contributed by atoms with Crippen molar-refractivity contribution < 1.29 is 9.53 Å². The SMILES string of the molecule is CCC1OCCC1Cn1c(=O)[nH]cc(C(C)=O)c1=O. The van der Waals surface area contributed by atoms with E-state index in [0.29, 0.717) is 13.2 Å². The summed E-state index contributed by atoms with van der Waals surface area (Å²) in [5, 5.41) is 0. The highest BCUT2D eigenvalue weighted by molar-refractivity contribution is 5.93. The second-order valence-corrected chi connectivity index (χ2v) is 4.85. The quantitative estimate of drug-likeness (QED) is 0.807. The van der Waals surface area contributed by atoms with Crippen LogP contribution in [0.3, 0.4) is 0 Å². The van der Waals surface area contributed by atoms with Crippen LogP contribution in [0.2, 0.25) is 0 Å². The van der Waals surface area contributed by atoms with Gasteiger partial charge < -0.3 is 9.72 Å². The standard InChI is InChI=1S/C13H18N2O4/c1-3-11-9(4-5-19-11)7-15-12(17)10(8(2)16)6-14-13(15)18/h6,9,11H,3-5,7H2,1-2H3,(H,14,18). The minimum absolute atomic E-state index is 0.0200. The van der Waals surface area contributed by atoms with Crippen molar-refractivity contribution in [3.8, 4) is 0 Å². The van der Waals surface area contributed by atoms with Crippen molar-refractivity contribution in [1.82, 2.24) is 9.55 Å². The van der Waals surface area contributed by atoms with Crippen LogP contribution in [0.5, 0.6) is 0 Å². The van der Waals surface area contributed by atoms with Crippen LogP contribution in [0.1, 0.15) is 37.0 Å². The Morgan fingerprint density at radius 2 is 2.26 bits per heavy atom. The maximum atomic E-state index is 12.1. The summed E-state index contributed by atoms with van der Waals surface area (Å²) in [6.07, 6.45) is 2.94. The number of H-pyrrole nitrogens is 1. The van der Waals surface area contributed by atoms with Crippen LogP contribution < -0.4 is 11.2 Å². The van der Waals surface area contributed by atoms with Gasteiger partial charge in [0.15, 0.2) is 5.78 Å². The average molecular weight is 266 g/mol. The van der Waals surface area contributed by atoms with Gasteiger partial charge in [-0.15, -0.1) is 0 Å². The van der Waals surface area contributed by atoms with Crippen molar-refractivity contribution in [3.05, 3.63) is 32.6 Å². The summed E-state index contributed by atoms with van der Waals surface area (Å²) in [4.78, 5) is 37.6. The third kappa shape index (κ3) is 2.68. The molecule has 1 fully saturated rings. The highest BCUT2D eigenvalue weighted by Crippen LogP contribution is 2.24. The number of carbonyl (C=O) groups excluding carboxylic acids is 1. The molecule has 1 aliphatic heterocycles. The van der Waals surface area contributed by atoms with Gasteiger partial charge in [-0.05, 0) is 19.8 Å². The van der Waals surface area contributed by atoms with E-state index in [1.807, 2.05) is 6.92 Å². The first-order chi connectivity index (χ1) is 9.04. The van der Waals surface area contributed by atoms with E-state index in [9.17, 15) is 14.4 Å².